The van der Waals surface area contributed by atoms with Gasteiger partial charge in [0.25, 0.3) is 0 Å². The molecule has 4 heteroatoms. The van der Waals surface area contributed by atoms with Gasteiger partial charge < -0.3 is 15.2 Å². The van der Waals surface area contributed by atoms with Gasteiger partial charge in [-0.25, -0.2) is 0 Å². The molecule has 0 unspecified atom stereocenters. The maximum absolute atomic E-state index is 9.12. The molecule has 1 aromatic rings. The van der Waals surface area contributed by atoms with Gasteiger partial charge in [0.15, 0.2) is 0 Å². The lowest BCUT2D eigenvalue weighted by Crippen LogP contribution is -2.04. The maximum atomic E-state index is 9.12. The molecule has 1 aromatic carbocycles. The molecule has 0 atom stereocenters. The second kappa shape index (κ2) is 6.55. The van der Waals surface area contributed by atoms with Gasteiger partial charge in [0.05, 0.1) is 31.6 Å². The first kappa shape index (κ1) is 13.9. The third kappa shape index (κ3) is 2.95. The summed E-state index contributed by atoms with van der Waals surface area (Å²) in [6.45, 7) is 2.01. The molecule has 2 N–H and O–H groups in total. The van der Waals surface area contributed by atoms with Gasteiger partial charge in [-0.15, -0.1) is 0 Å². The van der Waals surface area contributed by atoms with Gasteiger partial charge in [0.2, 0.25) is 0 Å². The fraction of sp³-hybridized carbons (Fsp3) is 0.357. The number of rotatable bonds is 5. The molecule has 0 aromatic heterocycles. The number of methoxy groups -OCH3 is 2. The smallest absolute Gasteiger partial charge is 0.128 e. The molecule has 0 saturated heterocycles. The molecule has 4 nitrogen and oxygen atoms in total. The number of nitriles is 1. The fourth-order valence-corrected chi connectivity index (χ4v) is 1.69. The molecule has 1 rings (SSSR count). The van der Waals surface area contributed by atoms with E-state index >= 15 is 0 Å². The Labute approximate surface area is 108 Å². The molecule has 96 valence electrons. The molecular formula is C14H18N2O2. The molecule has 0 fully saturated rings. The van der Waals surface area contributed by atoms with Crippen molar-refractivity contribution >= 4 is 5.70 Å². The van der Waals surface area contributed by atoms with Crippen molar-refractivity contribution in [3.8, 4) is 17.6 Å². The van der Waals surface area contributed by atoms with Crippen LogP contribution in [0.4, 0.5) is 0 Å². The first-order chi connectivity index (χ1) is 8.67. The number of nitrogens with two attached hydrogens (primary N) is 1. The Hall–Kier alpha value is -2.15. The van der Waals surface area contributed by atoms with Crippen molar-refractivity contribution in [2.45, 2.75) is 19.8 Å². The van der Waals surface area contributed by atoms with Crippen LogP contribution in [-0.2, 0) is 0 Å². The molecule has 0 aliphatic heterocycles. The van der Waals surface area contributed by atoms with Crippen LogP contribution < -0.4 is 15.2 Å². The van der Waals surface area contributed by atoms with Crippen molar-refractivity contribution in [3.05, 3.63) is 29.3 Å². The average Bonchev–Trinajstić information content (AvgIpc) is 2.43. The number of hydrogen-bond acceptors (Lipinski definition) is 4. The normalized spacial score (nSPS) is 11.4. The fourth-order valence-electron chi connectivity index (χ4n) is 1.69. The standard InChI is InChI=1S/C14H18N2O2/c1-4-5-10(9-15)14(16)12-8-11(17-2)6-7-13(12)18-3/h6-8H,4-5,16H2,1-3H3/b14-10-. The molecular weight excluding hydrogens is 228 g/mol. The third-order valence-electron chi connectivity index (χ3n) is 2.66. The highest BCUT2D eigenvalue weighted by molar-refractivity contribution is 5.74. The number of benzene rings is 1. The Morgan fingerprint density at radius 1 is 1.33 bits per heavy atom. The Morgan fingerprint density at radius 3 is 2.56 bits per heavy atom. The van der Waals surface area contributed by atoms with Crippen LogP contribution in [0.1, 0.15) is 25.3 Å². The van der Waals surface area contributed by atoms with Gasteiger partial charge >= 0.3 is 0 Å². The number of ether oxygens (including phenoxy) is 2. The van der Waals surface area contributed by atoms with Gasteiger partial charge in [-0.3, -0.25) is 0 Å². The zero-order valence-corrected chi connectivity index (χ0v) is 11.0. The van der Waals surface area contributed by atoms with Crippen molar-refractivity contribution in [3.63, 3.8) is 0 Å². The van der Waals surface area contributed by atoms with Gasteiger partial charge in [-0.1, -0.05) is 13.3 Å². The van der Waals surface area contributed by atoms with E-state index in [1.807, 2.05) is 6.92 Å². The number of nitrogens with zero attached hydrogens (tertiary/aromatic N) is 1. The first-order valence-corrected chi connectivity index (χ1v) is 5.79. The zero-order chi connectivity index (χ0) is 13.5. The molecule has 0 spiro atoms. The van der Waals surface area contributed by atoms with E-state index in [-0.39, 0.29) is 0 Å². The molecule has 0 radical (unpaired) electrons. The van der Waals surface area contributed by atoms with Crippen molar-refractivity contribution in [1.29, 1.82) is 5.26 Å². The summed E-state index contributed by atoms with van der Waals surface area (Å²) in [5.41, 5.74) is 7.78. The van der Waals surface area contributed by atoms with Crippen LogP contribution in [0.2, 0.25) is 0 Å². The van der Waals surface area contributed by atoms with Crippen LogP contribution in [0.15, 0.2) is 23.8 Å². The van der Waals surface area contributed by atoms with Crippen LogP contribution >= 0.6 is 0 Å². The van der Waals surface area contributed by atoms with E-state index in [1.165, 1.54) is 0 Å². The van der Waals surface area contributed by atoms with E-state index < -0.39 is 0 Å². The zero-order valence-electron chi connectivity index (χ0n) is 11.0. The van der Waals surface area contributed by atoms with Crippen molar-refractivity contribution < 1.29 is 9.47 Å². The average molecular weight is 246 g/mol. The predicted octanol–water partition coefficient (Wildman–Crippen LogP) is 2.70. The van der Waals surface area contributed by atoms with E-state index in [1.54, 1.807) is 32.4 Å². The van der Waals surface area contributed by atoms with E-state index in [9.17, 15) is 0 Å². The SMILES string of the molecule is CCC/C(C#N)=C(/N)c1cc(OC)ccc1OC. The molecule has 0 bridgehead atoms. The quantitative estimate of drug-likeness (QED) is 0.811. The topological polar surface area (TPSA) is 68.3 Å². The summed E-state index contributed by atoms with van der Waals surface area (Å²) in [6.07, 6.45) is 1.53. The third-order valence-corrected chi connectivity index (χ3v) is 2.66. The van der Waals surface area contributed by atoms with Crippen molar-refractivity contribution in [1.82, 2.24) is 0 Å². The Bertz CT molecular complexity index is 487. The van der Waals surface area contributed by atoms with E-state index in [4.69, 9.17) is 20.5 Å². The minimum absolute atomic E-state index is 0.454. The molecule has 0 saturated carbocycles. The van der Waals surface area contributed by atoms with Gasteiger partial charge in [0, 0.05) is 5.56 Å². The summed E-state index contributed by atoms with van der Waals surface area (Å²) in [6, 6.07) is 7.50. The lowest BCUT2D eigenvalue weighted by Gasteiger charge is -2.12. The lowest BCUT2D eigenvalue weighted by atomic mass is 10.0. The largest absolute Gasteiger partial charge is 0.497 e. The highest BCUT2D eigenvalue weighted by atomic mass is 16.5. The van der Waals surface area contributed by atoms with Crippen molar-refractivity contribution in [2.75, 3.05) is 14.2 Å². The van der Waals surface area contributed by atoms with Gasteiger partial charge in [-0.2, -0.15) is 5.26 Å². The molecule has 0 aliphatic carbocycles. The first-order valence-electron chi connectivity index (χ1n) is 5.79. The molecule has 0 amide bonds. The Kier molecular flexibility index (Phi) is 5.06. The molecule has 0 heterocycles. The predicted molar refractivity (Wildman–Crippen MR) is 71.2 cm³/mol. The Morgan fingerprint density at radius 2 is 2.06 bits per heavy atom. The van der Waals surface area contributed by atoms with Crippen LogP contribution in [0.3, 0.4) is 0 Å². The van der Waals surface area contributed by atoms with Gasteiger partial charge in [-0.05, 0) is 24.6 Å². The lowest BCUT2D eigenvalue weighted by molar-refractivity contribution is 0.402. The monoisotopic (exact) mass is 246 g/mol. The summed E-state index contributed by atoms with van der Waals surface area (Å²) >= 11 is 0. The second-order valence-corrected chi connectivity index (χ2v) is 3.82. The summed E-state index contributed by atoms with van der Waals surface area (Å²) in [7, 11) is 3.16. The summed E-state index contributed by atoms with van der Waals surface area (Å²) < 4.78 is 10.4. The van der Waals surface area contributed by atoms with E-state index in [2.05, 4.69) is 6.07 Å². The summed E-state index contributed by atoms with van der Waals surface area (Å²) in [5.74, 6) is 1.32. The van der Waals surface area contributed by atoms with E-state index in [0.29, 0.717) is 34.8 Å². The number of hydrogen-bond donors (Lipinski definition) is 1. The highest BCUT2D eigenvalue weighted by Crippen LogP contribution is 2.30. The van der Waals surface area contributed by atoms with Gasteiger partial charge in [0.1, 0.15) is 11.5 Å². The second-order valence-electron chi connectivity index (χ2n) is 3.82. The highest BCUT2D eigenvalue weighted by Gasteiger charge is 2.11. The van der Waals surface area contributed by atoms with Crippen LogP contribution in [0.25, 0.3) is 5.70 Å². The molecule has 18 heavy (non-hydrogen) atoms. The summed E-state index contributed by atoms with van der Waals surface area (Å²) in [5, 5.41) is 9.12. The maximum Gasteiger partial charge on any atom is 0.128 e. The van der Waals surface area contributed by atoms with E-state index in [0.717, 1.165) is 6.42 Å². The van der Waals surface area contributed by atoms with Crippen molar-refractivity contribution in [2.24, 2.45) is 5.73 Å². The molecule has 0 aliphatic rings. The van der Waals surface area contributed by atoms with Crippen LogP contribution in [-0.4, -0.2) is 14.2 Å². The van der Waals surface area contributed by atoms with Crippen LogP contribution in [0.5, 0.6) is 11.5 Å². The Balaban J connectivity index is 3.33. The summed E-state index contributed by atoms with van der Waals surface area (Å²) in [4.78, 5) is 0. The minimum atomic E-state index is 0.454. The number of allylic oxidation sites excluding steroid dienone is 1. The minimum Gasteiger partial charge on any atom is -0.497 e. The van der Waals surface area contributed by atoms with Crippen LogP contribution in [0, 0.1) is 11.3 Å².